The van der Waals surface area contributed by atoms with Crippen LogP contribution in [0.2, 0.25) is 15.1 Å². The second-order valence-corrected chi connectivity index (χ2v) is 8.68. The summed E-state index contributed by atoms with van der Waals surface area (Å²) in [7, 11) is 0. The number of Topliss-reactive ketones (excluding diaryl/α,β-unsaturated/α-hetero) is 1. The van der Waals surface area contributed by atoms with Crippen molar-refractivity contribution in [2.45, 2.75) is 6.92 Å². The predicted octanol–water partition coefficient (Wildman–Crippen LogP) is 7.54. The SMILES string of the molecule is Cc1cc(OC(=O)c2cc3cc(Cl)ccc3o2)cc2c1C(=O)/C(=C/c1ccc(Cl)cc1Cl)O2. The monoisotopic (exact) mass is 498 g/mol. The molecule has 0 aliphatic carbocycles. The molecule has 0 spiro atoms. The van der Waals surface area contributed by atoms with Crippen LogP contribution in [0.4, 0.5) is 0 Å². The van der Waals surface area contributed by atoms with E-state index in [1.807, 2.05) is 0 Å². The molecule has 5 nitrogen and oxygen atoms in total. The smallest absolute Gasteiger partial charge is 0.379 e. The third kappa shape index (κ3) is 4.11. The second kappa shape index (κ2) is 8.27. The van der Waals surface area contributed by atoms with Crippen LogP contribution in [-0.4, -0.2) is 11.8 Å². The molecule has 0 unspecified atom stereocenters. The molecule has 0 amide bonds. The summed E-state index contributed by atoms with van der Waals surface area (Å²) in [6.07, 6.45) is 1.55. The molecule has 1 aromatic heterocycles. The van der Waals surface area contributed by atoms with Crippen LogP contribution in [0.15, 0.2) is 64.8 Å². The normalized spacial score (nSPS) is 13.9. The number of halogens is 3. The zero-order chi connectivity index (χ0) is 23.3. The van der Waals surface area contributed by atoms with Crippen molar-refractivity contribution in [2.24, 2.45) is 0 Å². The van der Waals surface area contributed by atoms with Crippen LogP contribution in [0.25, 0.3) is 17.0 Å². The molecule has 33 heavy (non-hydrogen) atoms. The maximum absolute atomic E-state index is 12.9. The maximum atomic E-state index is 12.9. The number of aryl methyl sites for hydroxylation is 1. The van der Waals surface area contributed by atoms with E-state index < -0.39 is 5.97 Å². The molecule has 0 saturated carbocycles. The van der Waals surface area contributed by atoms with Gasteiger partial charge in [-0.15, -0.1) is 0 Å². The highest BCUT2D eigenvalue weighted by atomic mass is 35.5. The van der Waals surface area contributed by atoms with Crippen molar-refractivity contribution < 1.29 is 23.5 Å². The Kier molecular flexibility index (Phi) is 5.41. The van der Waals surface area contributed by atoms with Crippen molar-refractivity contribution in [2.75, 3.05) is 0 Å². The van der Waals surface area contributed by atoms with Gasteiger partial charge < -0.3 is 13.9 Å². The number of fused-ring (bicyclic) bond motifs is 2. The van der Waals surface area contributed by atoms with E-state index in [0.717, 1.165) is 0 Å². The highest BCUT2D eigenvalue weighted by molar-refractivity contribution is 6.35. The van der Waals surface area contributed by atoms with Gasteiger partial charge in [0.25, 0.3) is 0 Å². The van der Waals surface area contributed by atoms with Crippen molar-refractivity contribution in [1.29, 1.82) is 0 Å². The van der Waals surface area contributed by atoms with Gasteiger partial charge in [-0.25, -0.2) is 4.79 Å². The summed E-state index contributed by atoms with van der Waals surface area (Å²) >= 11 is 18.1. The molecule has 1 aliphatic heterocycles. The summed E-state index contributed by atoms with van der Waals surface area (Å²) < 4.78 is 16.8. The molecule has 0 atom stereocenters. The average Bonchev–Trinajstić information content (AvgIpc) is 3.31. The van der Waals surface area contributed by atoms with E-state index in [4.69, 9.17) is 48.7 Å². The number of esters is 1. The first-order chi connectivity index (χ1) is 15.8. The Morgan fingerprint density at radius 2 is 1.73 bits per heavy atom. The summed E-state index contributed by atoms with van der Waals surface area (Å²) in [6, 6.07) is 14.6. The van der Waals surface area contributed by atoms with Gasteiger partial charge in [0.05, 0.1) is 5.56 Å². The molecule has 0 saturated heterocycles. The fourth-order valence-electron chi connectivity index (χ4n) is 3.57. The lowest BCUT2D eigenvalue weighted by molar-refractivity contribution is 0.0703. The molecule has 5 rings (SSSR count). The van der Waals surface area contributed by atoms with Crippen LogP contribution in [0.1, 0.15) is 32.0 Å². The Hall–Kier alpha value is -3.25. The topological polar surface area (TPSA) is 65.7 Å². The summed E-state index contributed by atoms with van der Waals surface area (Å²) in [5.74, 6) is -0.338. The molecule has 0 radical (unpaired) electrons. The number of ketones is 1. The van der Waals surface area contributed by atoms with Crippen molar-refractivity contribution in [3.8, 4) is 11.5 Å². The third-order valence-corrected chi connectivity index (χ3v) is 5.88. The molecule has 0 bridgehead atoms. The van der Waals surface area contributed by atoms with Gasteiger partial charge in [-0.3, -0.25) is 4.79 Å². The first kappa shape index (κ1) is 21.6. The lowest BCUT2D eigenvalue weighted by Crippen LogP contribution is -2.07. The van der Waals surface area contributed by atoms with Crippen molar-refractivity contribution in [3.63, 3.8) is 0 Å². The number of furan rings is 1. The molecule has 8 heteroatoms. The van der Waals surface area contributed by atoms with Gasteiger partial charge in [0.2, 0.25) is 11.5 Å². The quantitative estimate of drug-likeness (QED) is 0.165. The second-order valence-electron chi connectivity index (χ2n) is 7.40. The van der Waals surface area contributed by atoms with Crippen LogP contribution >= 0.6 is 34.8 Å². The highest BCUT2D eigenvalue weighted by Gasteiger charge is 2.30. The number of allylic oxidation sites excluding steroid dienone is 1. The summed E-state index contributed by atoms with van der Waals surface area (Å²) in [4.78, 5) is 25.5. The van der Waals surface area contributed by atoms with Crippen molar-refractivity contribution in [1.82, 2.24) is 0 Å². The molecule has 0 fully saturated rings. The summed E-state index contributed by atoms with van der Waals surface area (Å²) in [5, 5.41) is 2.09. The Balaban J connectivity index is 1.42. The Labute approximate surface area is 203 Å². The maximum Gasteiger partial charge on any atom is 0.379 e. The van der Waals surface area contributed by atoms with Gasteiger partial charge in [0, 0.05) is 26.5 Å². The van der Waals surface area contributed by atoms with Gasteiger partial charge in [0.15, 0.2) is 5.76 Å². The van der Waals surface area contributed by atoms with E-state index in [9.17, 15) is 9.59 Å². The standard InChI is InChI=1S/C25H13Cl3O5/c1-12-6-17(31-25(30)22-9-14-7-15(26)4-5-19(14)32-22)11-20-23(12)24(29)21(33-20)8-13-2-3-16(27)10-18(13)28/h2-11H,1H3/b21-8-. The Morgan fingerprint density at radius 3 is 2.52 bits per heavy atom. The number of benzene rings is 3. The lowest BCUT2D eigenvalue weighted by atomic mass is 10.0. The van der Waals surface area contributed by atoms with E-state index in [2.05, 4.69) is 0 Å². The van der Waals surface area contributed by atoms with E-state index >= 15 is 0 Å². The minimum absolute atomic E-state index is 0.0281. The molecule has 164 valence electrons. The first-order valence-electron chi connectivity index (χ1n) is 9.74. The number of hydrogen-bond acceptors (Lipinski definition) is 5. The number of hydrogen-bond donors (Lipinski definition) is 0. The van der Waals surface area contributed by atoms with Crippen molar-refractivity contribution in [3.05, 3.63) is 97.9 Å². The molecule has 4 aromatic rings. The molecule has 0 N–H and O–H groups in total. The van der Waals surface area contributed by atoms with Gasteiger partial charge >= 0.3 is 5.97 Å². The molecular formula is C25H13Cl3O5. The minimum atomic E-state index is -0.685. The van der Waals surface area contributed by atoms with E-state index in [0.29, 0.717) is 42.7 Å². The third-order valence-electron chi connectivity index (χ3n) is 5.08. The molecule has 1 aliphatic rings. The van der Waals surface area contributed by atoms with Crippen LogP contribution in [-0.2, 0) is 0 Å². The number of rotatable bonds is 3. The van der Waals surface area contributed by atoms with Gasteiger partial charge in [0.1, 0.15) is 17.1 Å². The zero-order valence-electron chi connectivity index (χ0n) is 16.9. The van der Waals surface area contributed by atoms with Gasteiger partial charge in [-0.1, -0.05) is 40.9 Å². The van der Waals surface area contributed by atoms with E-state index in [1.54, 1.807) is 61.5 Å². The summed E-state index contributed by atoms with van der Waals surface area (Å²) in [5.41, 5.74) is 2.10. The van der Waals surface area contributed by atoms with Crippen molar-refractivity contribution >= 4 is 63.6 Å². The average molecular weight is 500 g/mol. The van der Waals surface area contributed by atoms with Crippen LogP contribution in [0.3, 0.4) is 0 Å². The largest absolute Gasteiger partial charge is 0.452 e. The van der Waals surface area contributed by atoms with E-state index in [1.165, 1.54) is 6.07 Å². The van der Waals surface area contributed by atoms with E-state index in [-0.39, 0.29) is 28.8 Å². The lowest BCUT2D eigenvalue weighted by Gasteiger charge is -2.06. The highest BCUT2D eigenvalue weighted by Crippen LogP contribution is 2.38. The Bertz CT molecular complexity index is 1500. The molecule has 3 aromatic carbocycles. The summed E-state index contributed by atoms with van der Waals surface area (Å²) in [6.45, 7) is 1.73. The minimum Gasteiger partial charge on any atom is -0.452 e. The predicted molar refractivity (Wildman–Crippen MR) is 127 cm³/mol. The number of ether oxygens (including phenoxy) is 2. The van der Waals surface area contributed by atoms with Gasteiger partial charge in [-0.05, 0) is 66.6 Å². The zero-order valence-corrected chi connectivity index (χ0v) is 19.2. The fourth-order valence-corrected chi connectivity index (χ4v) is 4.21. The first-order valence-corrected chi connectivity index (χ1v) is 10.9. The number of carbonyl (C=O) groups is 2. The molecule has 2 heterocycles. The van der Waals surface area contributed by atoms with Crippen LogP contribution < -0.4 is 9.47 Å². The Morgan fingerprint density at radius 1 is 0.970 bits per heavy atom. The number of carbonyl (C=O) groups excluding carboxylic acids is 2. The van der Waals surface area contributed by atoms with Gasteiger partial charge in [-0.2, -0.15) is 0 Å². The molecular weight excluding hydrogens is 487 g/mol. The van der Waals surface area contributed by atoms with Crippen LogP contribution in [0.5, 0.6) is 11.5 Å². The van der Waals surface area contributed by atoms with Crippen LogP contribution in [0, 0.1) is 6.92 Å². The fraction of sp³-hybridized carbons (Fsp3) is 0.0400.